The molecule has 0 unspecified atom stereocenters. The van der Waals surface area contributed by atoms with Gasteiger partial charge in [0.2, 0.25) is 0 Å². The Hall–Kier alpha value is -1.16. The van der Waals surface area contributed by atoms with Gasteiger partial charge < -0.3 is 10.2 Å². The van der Waals surface area contributed by atoms with Crippen LogP contribution in [0.5, 0.6) is 0 Å². The highest BCUT2D eigenvalue weighted by molar-refractivity contribution is 5.31. The minimum atomic E-state index is 0.615. The molecule has 4 heteroatoms. The topological polar surface area (TPSA) is 41.0 Å². The highest BCUT2D eigenvalue weighted by Gasteiger charge is 2.01. The number of aromatic nitrogens is 2. The summed E-state index contributed by atoms with van der Waals surface area (Å²) in [5.74, 6) is 0.900. The largest absolute Gasteiger partial charge is 0.370 e. The SMILES string of the molecule is CC(C)N(C)CCCNc1ccncn1. The molecule has 1 N–H and O–H groups in total. The van der Waals surface area contributed by atoms with Gasteiger partial charge in [-0.3, -0.25) is 0 Å². The average molecular weight is 208 g/mol. The first-order valence-electron chi connectivity index (χ1n) is 5.40. The van der Waals surface area contributed by atoms with Crippen molar-refractivity contribution in [3.8, 4) is 0 Å². The number of nitrogens with one attached hydrogen (secondary N) is 1. The quantitative estimate of drug-likeness (QED) is 0.721. The van der Waals surface area contributed by atoms with Crippen molar-refractivity contribution < 1.29 is 0 Å². The zero-order valence-corrected chi connectivity index (χ0v) is 9.77. The van der Waals surface area contributed by atoms with Gasteiger partial charge in [-0.05, 0) is 39.9 Å². The normalized spacial score (nSPS) is 11.0. The molecule has 15 heavy (non-hydrogen) atoms. The third-order valence-corrected chi connectivity index (χ3v) is 2.46. The molecule has 0 spiro atoms. The first-order chi connectivity index (χ1) is 7.20. The van der Waals surface area contributed by atoms with Gasteiger partial charge in [0, 0.05) is 18.8 Å². The lowest BCUT2D eigenvalue weighted by Gasteiger charge is -2.20. The molecule has 84 valence electrons. The summed E-state index contributed by atoms with van der Waals surface area (Å²) in [5, 5.41) is 3.26. The summed E-state index contributed by atoms with van der Waals surface area (Å²) in [6.07, 6.45) is 4.43. The number of hydrogen-bond acceptors (Lipinski definition) is 4. The zero-order valence-electron chi connectivity index (χ0n) is 9.77. The van der Waals surface area contributed by atoms with E-state index in [2.05, 4.69) is 41.1 Å². The van der Waals surface area contributed by atoms with Crippen LogP contribution >= 0.6 is 0 Å². The average Bonchev–Trinajstić information content (AvgIpc) is 2.25. The van der Waals surface area contributed by atoms with Crippen LogP contribution < -0.4 is 5.32 Å². The molecule has 4 nitrogen and oxygen atoms in total. The van der Waals surface area contributed by atoms with Crippen molar-refractivity contribution in [3.63, 3.8) is 0 Å². The monoisotopic (exact) mass is 208 g/mol. The molecule has 0 amide bonds. The Morgan fingerprint density at radius 3 is 2.87 bits per heavy atom. The fourth-order valence-electron chi connectivity index (χ4n) is 1.20. The lowest BCUT2D eigenvalue weighted by Crippen LogP contribution is -2.28. The summed E-state index contributed by atoms with van der Waals surface area (Å²) in [5.41, 5.74) is 0. The standard InChI is InChI=1S/C11H20N4/c1-10(2)15(3)8-4-6-13-11-5-7-12-9-14-11/h5,7,9-10H,4,6,8H2,1-3H3,(H,12,13,14). The van der Waals surface area contributed by atoms with Crippen molar-refractivity contribution in [1.82, 2.24) is 14.9 Å². The summed E-state index contributed by atoms with van der Waals surface area (Å²) in [6, 6.07) is 2.50. The molecule has 1 heterocycles. The summed E-state index contributed by atoms with van der Waals surface area (Å²) in [6.45, 7) is 6.47. The maximum absolute atomic E-state index is 4.09. The minimum absolute atomic E-state index is 0.615. The minimum Gasteiger partial charge on any atom is -0.370 e. The maximum Gasteiger partial charge on any atom is 0.129 e. The van der Waals surface area contributed by atoms with Crippen molar-refractivity contribution in [1.29, 1.82) is 0 Å². The molecule has 0 saturated heterocycles. The van der Waals surface area contributed by atoms with Gasteiger partial charge in [-0.1, -0.05) is 0 Å². The Kier molecular flexibility index (Phi) is 5.04. The third kappa shape index (κ3) is 4.74. The molecule has 1 aromatic rings. The maximum atomic E-state index is 4.09. The second kappa shape index (κ2) is 6.35. The van der Waals surface area contributed by atoms with E-state index in [1.807, 2.05) is 6.07 Å². The summed E-state index contributed by atoms with van der Waals surface area (Å²) in [7, 11) is 2.15. The Morgan fingerprint density at radius 1 is 1.47 bits per heavy atom. The van der Waals surface area contributed by atoms with Gasteiger partial charge in [0.15, 0.2) is 0 Å². The van der Waals surface area contributed by atoms with Crippen LogP contribution in [0.1, 0.15) is 20.3 Å². The van der Waals surface area contributed by atoms with Crippen LogP contribution in [0.25, 0.3) is 0 Å². The van der Waals surface area contributed by atoms with Crippen LogP contribution in [0, 0.1) is 0 Å². The van der Waals surface area contributed by atoms with E-state index >= 15 is 0 Å². The van der Waals surface area contributed by atoms with Crippen LogP contribution in [0.15, 0.2) is 18.6 Å². The van der Waals surface area contributed by atoms with E-state index in [1.165, 1.54) is 0 Å². The number of anilines is 1. The zero-order chi connectivity index (χ0) is 11.1. The molecule has 1 rings (SSSR count). The molecule has 0 aliphatic heterocycles. The second-order valence-electron chi connectivity index (χ2n) is 3.95. The Balaban J connectivity index is 2.12. The lowest BCUT2D eigenvalue weighted by atomic mass is 10.3. The molecule has 0 radical (unpaired) electrons. The molecular weight excluding hydrogens is 188 g/mol. The molecule has 0 saturated carbocycles. The van der Waals surface area contributed by atoms with Crippen molar-refractivity contribution >= 4 is 5.82 Å². The summed E-state index contributed by atoms with van der Waals surface area (Å²) < 4.78 is 0. The predicted octanol–water partition coefficient (Wildman–Crippen LogP) is 1.62. The van der Waals surface area contributed by atoms with Gasteiger partial charge >= 0.3 is 0 Å². The van der Waals surface area contributed by atoms with Crippen LogP contribution in [-0.4, -0.2) is 41.0 Å². The molecule has 0 aliphatic rings. The fourth-order valence-corrected chi connectivity index (χ4v) is 1.20. The first kappa shape index (κ1) is 11.9. The van der Waals surface area contributed by atoms with E-state index in [1.54, 1.807) is 12.5 Å². The van der Waals surface area contributed by atoms with Crippen molar-refractivity contribution in [2.75, 3.05) is 25.5 Å². The Bertz CT molecular complexity index is 261. The van der Waals surface area contributed by atoms with Crippen LogP contribution in [0.4, 0.5) is 5.82 Å². The highest BCUT2D eigenvalue weighted by Crippen LogP contribution is 1.99. The Labute approximate surface area is 91.7 Å². The third-order valence-electron chi connectivity index (χ3n) is 2.46. The van der Waals surface area contributed by atoms with E-state index in [0.29, 0.717) is 6.04 Å². The molecule has 0 aromatic carbocycles. The van der Waals surface area contributed by atoms with E-state index in [4.69, 9.17) is 0 Å². The number of hydrogen-bond donors (Lipinski definition) is 1. The fraction of sp³-hybridized carbons (Fsp3) is 0.636. The summed E-state index contributed by atoms with van der Waals surface area (Å²) in [4.78, 5) is 10.3. The second-order valence-corrected chi connectivity index (χ2v) is 3.95. The highest BCUT2D eigenvalue weighted by atomic mass is 15.1. The van der Waals surface area contributed by atoms with E-state index in [0.717, 1.165) is 25.3 Å². The van der Waals surface area contributed by atoms with E-state index in [9.17, 15) is 0 Å². The van der Waals surface area contributed by atoms with Crippen LogP contribution in [0.3, 0.4) is 0 Å². The van der Waals surface area contributed by atoms with E-state index < -0.39 is 0 Å². The van der Waals surface area contributed by atoms with Gasteiger partial charge in [-0.15, -0.1) is 0 Å². The van der Waals surface area contributed by atoms with Crippen LogP contribution in [0.2, 0.25) is 0 Å². The number of nitrogens with zero attached hydrogens (tertiary/aromatic N) is 3. The predicted molar refractivity (Wildman–Crippen MR) is 62.9 cm³/mol. The van der Waals surface area contributed by atoms with Crippen molar-refractivity contribution in [2.45, 2.75) is 26.3 Å². The van der Waals surface area contributed by atoms with Crippen LogP contribution in [-0.2, 0) is 0 Å². The molecule has 0 aliphatic carbocycles. The molecule has 0 atom stereocenters. The molecule has 0 fully saturated rings. The van der Waals surface area contributed by atoms with Gasteiger partial charge in [0.25, 0.3) is 0 Å². The van der Waals surface area contributed by atoms with E-state index in [-0.39, 0.29) is 0 Å². The lowest BCUT2D eigenvalue weighted by molar-refractivity contribution is 0.273. The molecule has 0 bridgehead atoms. The van der Waals surface area contributed by atoms with Gasteiger partial charge in [-0.25, -0.2) is 9.97 Å². The smallest absolute Gasteiger partial charge is 0.129 e. The molecule has 1 aromatic heterocycles. The molecular formula is C11H20N4. The van der Waals surface area contributed by atoms with Crippen molar-refractivity contribution in [3.05, 3.63) is 18.6 Å². The van der Waals surface area contributed by atoms with Gasteiger partial charge in [0.05, 0.1) is 0 Å². The first-order valence-corrected chi connectivity index (χ1v) is 5.40. The van der Waals surface area contributed by atoms with Crippen molar-refractivity contribution in [2.24, 2.45) is 0 Å². The Morgan fingerprint density at radius 2 is 2.27 bits per heavy atom. The van der Waals surface area contributed by atoms with Gasteiger partial charge in [0.1, 0.15) is 12.1 Å². The van der Waals surface area contributed by atoms with Gasteiger partial charge in [-0.2, -0.15) is 0 Å². The summed E-state index contributed by atoms with van der Waals surface area (Å²) >= 11 is 0. The number of rotatable bonds is 6.